The van der Waals surface area contributed by atoms with E-state index in [9.17, 15) is 13.6 Å². The zero-order valence-corrected chi connectivity index (χ0v) is 13.9. The normalized spacial score (nSPS) is 14.5. The Morgan fingerprint density at radius 2 is 1.68 bits per heavy atom. The van der Waals surface area contributed by atoms with Gasteiger partial charge in [-0.1, -0.05) is 12.1 Å². The molecule has 0 atom stereocenters. The number of hydrogen-bond acceptors (Lipinski definition) is 2. The second-order valence-electron chi connectivity index (χ2n) is 6.06. The van der Waals surface area contributed by atoms with Crippen LogP contribution in [0.4, 0.5) is 19.3 Å². The maximum Gasteiger partial charge on any atom is 0.317 e. The fourth-order valence-corrected chi connectivity index (χ4v) is 2.94. The van der Waals surface area contributed by atoms with Crippen molar-refractivity contribution < 1.29 is 13.6 Å². The van der Waals surface area contributed by atoms with Crippen molar-refractivity contribution in [2.45, 2.75) is 6.42 Å². The third kappa shape index (κ3) is 4.68. The Labute approximate surface area is 146 Å². The minimum absolute atomic E-state index is 0.102. The predicted molar refractivity (Wildman–Crippen MR) is 93.7 cm³/mol. The molecule has 0 bridgehead atoms. The molecule has 1 N–H and O–H groups in total. The average molecular weight is 345 g/mol. The van der Waals surface area contributed by atoms with E-state index in [0.717, 1.165) is 11.3 Å². The summed E-state index contributed by atoms with van der Waals surface area (Å²) in [5.74, 6) is -0.513. The number of amides is 2. The number of carbonyl (C=O) groups excluding carboxylic acids is 1. The highest BCUT2D eigenvalue weighted by Gasteiger charge is 2.20. The lowest BCUT2D eigenvalue weighted by Crippen LogP contribution is -2.52. The van der Waals surface area contributed by atoms with Crippen LogP contribution in [0.5, 0.6) is 0 Å². The van der Waals surface area contributed by atoms with Crippen molar-refractivity contribution in [1.82, 2.24) is 10.2 Å². The molecular weight excluding hydrogens is 324 g/mol. The molecule has 1 saturated heterocycles. The summed E-state index contributed by atoms with van der Waals surface area (Å²) in [7, 11) is 0. The Bertz CT molecular complexity index is 713. The third-order valence-corrected chi connectivity index (χ3v) is 4.34. The van der Waals surface area contributed by atoms with Gasteiger partial charge in [0.2, 0.25) is 0 Å². The summed E-state index contributed by atoms with van der Waals surface area (Å²) < 4.78 is 26.1. The van der Waals surface area contributed by atoms with E-state index in [1.54, 1.807) is 23.1 Å². The minimum Gasteiger partial charge on any atom is -0.368 e. The maximum atomic E-state index is 13.1. The molecule has 0 aromatic heterocycles. The summed E-state index contributed by atoms with van der Waals surface area (Å²) in [5, 5.41) is 2.88. The summed E-state index contributed by atoms with van der Waals surface area (Å²) in [4.78, 5) is 16.1. The number of halogens is 2. The van der Waals surface area contributed by atoms with Gasteiger partial charge in [-0.3, -0.25) is 0 Å². The molecule has 3 rings (SSSR count). The number of nitrogens with one attached hydrogen (secondary N) is 1. The lowest BCUT2D eigenvalue weighted by molar-refractivity contribution is 0.194. The molecule has 0 aliphatic carbocycles. The zero-order chi connectivity index (χ0) is 17.6. The van der Waals surface area contributed by atoms with Crippen LogP contribution in [-0.2, 0) is 6.42 Å². The molecule has 132 valence electrons. The second-order valence-corrected chi connectivity index (χ2v) is 6.06. The highest BCUT2D eigenvalue weighted by Crippen LogP contribution is 2.16. The molecule has 0 saturated carbocycles. The molecule has 0 spiro atoms. The number of urea groups is 1. The van der Waals surface area contributed by atoms with E-state index in [1.165, 1.54) is 24.3 Å². The number of nitrogens with zero attached hydrogens (tertiary/aromatic N) is 2. The van der Waals surface area contributed by atoms with Crippen LogP contribution in [-0.4, -0.2) is 43.7 Å². The molecule has 6 heteroatoms. The Morgan fingerprint density at radius 1 is 0.960 bits per heavy atom. The Kier molecular flexibility index (Phi) is 5.48. The van der Waals surface area contributed by atoms with Crippen molar-refractivity contribution in [1.29, 1.82) is 0 Å². The molecule has 1 aliphatic rings. The summed E-state index contributed by atoms with van der Waals surface area (Å²) in [6.07, 6.45) is 0.596. The first kappa shape index (κ1) is 17.2. The lowest BCUT2D eigenvalue weighted by Gasteiger charge is -2.36. The highest BCUT2D eigenvalue weighted by molar-refractivity contribution is 5.74. The average Bonchev–Trinajstić information content (AvgIpc) is 2.62. The fourth-order valence-electron chi connectivity index (χ4n) is 2.94. The van der Waals surface area contributed by atoms with Gasteiger partial charge in [-0.05, 0) is 48.4 Å². The molecular formula is C19H21F2N3O. The molecule has 4 nitrogen and oxygen atoms in total. The first-order valence-corrected chi connectivity index (χ1v) is 8.39. The topological polar surface area (TPSA) is 35.6 Å². The number of anilines is 1. The Morgan fingerprint density at radius 3 is 2.36 bits per heavy atom. The molecule has 1 heterocycles. The largest absolute Gasteiger partial charge is 0.368 e. The van der Waals surface area contributed by atoms with Gasteiger partial charge in [0, 0.05) is 38.4 Å². The molecule has 1 aliphatic heterocycles. The van der Waals surface area contributed by atoms with Crippen molar-refractivity contribution in [2.75, 3.05) is 37.6 Å². The SMILES string of the molecule is O=C(NCCc1cccc(F)c1)N1CCN(c2ccc(F)cc2)CC1. The van der Waals surface area contributed by atoms with Crippen molar-refractivity contribution in [3.8, 4) is 0 Å². The molecule has 2 amide bonds. The second kappa shape index (κ2) is 7.96. The quantitative estimate of drug-likeness (QED) is 0.925. The maximum absolute atomic E-state index is 13.1. The highest BCUT2D eigenvalue weighted by atomic mass is 19.1. The summed E-state index contributed by atoms with van der Waals surface area (Å²) in [6, 6.07) is 12.7. The van der Waals surface area contributed by atoms with Crippen LogP contribution in [0.3, 0.4) is 0 Å². The van der Waals surface area contributed by atoms with Crippen LogP contribution in [0.15, 0.2) is 48.5 Å². The van der Waals surface area contributed by atoms with Crippen LogP contribution in [0, 0.1) is 11.6 Å². The van der Waals surface area contributed by atoms with E-state index in [2.05, 4.69) is 10.2 Å². The monoisotopic (exact) mass is 345 g/mol. The number of carbonyl (C=O) groups is 1. The molecule has 0 unspecified atom stereocenters. The standard InChI is InChI=1S/C19H21F2N3O/c20-16-4-6-18(7-5-16)23-10-12-24(13-11-23)19(25)22-9-8-15-2-1-3-17(21)14-15/h1-7,14H,8-13H2,(H,22,25). The molecule has 0 radical (unpaired) electrons. The van der Waals surface area contributed by atoms with Crippen molar-refractivity contribution in [3.05, 3.63) is 65.7 Å². The van der Waals surface area contributed by atoms with E-state index in [4.69, 9.17) is 0 Å². The Hall–Kier alpha value is -2.63. The van der Waals surface area contributed by atoms with E-state index < -0.39 is 0 Å². The predicted octanol–water partition coefficient (Wildman–Crippen LogP) is 3.04. The van der Waals surface area contributed by atoms with Crippen LogP contribution < -0.4 is 10.2 Å². The fraction of sp³-hybridized carbons (Fsp3) is 0.316. The van der Waals surface area contributed by atoms with E-state index in [1.807, 2.05) is 6.07 Å². The minimum atomic E-state index is -0.263. The van der Waals surface area contributed by atoms with Crippen molar-refractivity contribution in [2.24, 2.45) is 0 Å². The first-order valence-electron chi connectivity index (χ1n) is 8.39. The van der Waals surface area contributed by atoms with Crippen LogP contribution in [0.2, 0.25) is 0 Å². The summed E-state index contributed by atoms with van der Waals surface area (Å²) >= 11 is 0. The zero-order valence-electron chi connectivity index (χ0n) is 13.9. The van der Waals surface area contributed by atoms with Gasteiger partial charge in [-0.25, -0.2) is 13.6 Å². The number of piperazine rings is 1. The summed E-state index contributed by atoms with van der Waals surface area (Å²) in [5.41, 5.74) is 1.83. The Balaban J connectivity index is 1.43. The molecule has 25 heavy (non-hydrogen) atoms. The van der Waals surface area contributed by atoms with Gasteiger partial charge in [-0.2, -0.15) is 0 Å². The number of hydrogen-bond donors (Lipinski definition) is 1. The van der Waals surface area contributed by atoms with Crippen LogP contribution in [0.25, 0.3) is 0 Å². The van der Waals surface area contributed by atoms with Gasteiger partial charge in [-0.15, -0.1) is 0 Å². The van der Waals surface area contributed by atoms with Crippen molar-refractivity contribution in [3.63, 3.8) is 0 Å². The first-order chi connectivity index (χ1) is 12.1. The van der Waals surface area contributed by atoms with Gasteiger partial charge in [0.05, 0.1) is 0 Å². The third-order valence-electron chi connectivity index (χ3n) is 4.34. The van der Waals surface area contributed by atoms with Crippen LogP contribution in [0.1, 0.15) is 5.56 Å². The lowest BCUT2D eigenvalue weighted by atomic mass is 10.1. The van der Waals surface area contributed by atoms with E-state index in [0.29, 0.717) is 39.1 Å². The number of benzene rings is 2. The molecule has 1 fully saturated rings. The molecule has 2 aromatic carbocycles. The van der Waals surface area contributed by atoms with Gasteiger partial charge in [0.1, 0.15) is 11.6 Å². The van der Waals surface area contributed by atoms with Crippen LogP contribution >= 0.6 is 0 Å². The van der Waals surface area contributed by atoms with Crippen molar-refractivity contribution >= 4 is 11.7 Å². The van der Waals surface area contributed by atoms with Gasteiger partial charge >= 0.3 is 6.03 Å². The van der Waals surface area contributed by atoms with E-state index >= 15 is 0 Å². The van der Waals surface area contributed by atoms with Gasteiger partial charge in [0.15, 0.2) is 0 Å². The summed E-state index contributed by atoms with van der Waals surface area (Å²) in [6.45, 7) is 3.12. The van der Waals surface area contributed by atoms with Gasteiger partial charge < -0.3 is 15.1 Å². The number of rotatable bonds is 4. The smallest absolute Gasteiger partial charge is 0.317 e. The van der Waals surface area contributed by atoms with Gasteiger partial charge in [0.25, 0.3) is 0 Å². The van der Waals surface area contributed by atoms with E-state index in [-0.39, 0.29) is 17.7 Å². The molecule has 2 aromatic rings.